The zero-order chi connectivity index (χ0) is 21.6. The van der Waals surface area contributed by atoms with Crippen LogP contribution in [0.4, 0.5) is 5.69 Å². The standard InChI is InChI=1S/C23H27N3O5/c1-16-2-4-17(5-3-16)19(26-8-10-29-11-9-26)15-24-22(27)23(28)25-18-6-7-20-21(14-18)31-13-12-30-20/h2-7,14,19H,8-13,15H2,1H3,(H,24,27)(H,25,28). The first-order valence-corrected chi connectivity index (χ1v) is 10.5. The normalized spacial score (nSPS) is 16.9. The minimum Gasteiger partial charge on any atom is -0.486 e. The summed E-state index contributed by atoms with van der Waals surface area (Å²) >= 11 is 0. The summed E-state index contributed by atoms with van der Waals surface area (Å²) < 4.78 is 16.5. The second kappa shape index (κ2) is 9.80. The first kappa shape index (κ1) is 21.1. The first-order valence-electron chi connectivity index (χ1n) is 10.5. The van der Waals surface area contributed by atoms with Gasteiger partial charge in [0, 0.05) is 31.4 Å². The Morgan fingerprint density at radius 1 is 0.935 bits per heavy atom. The number of hydrogen-bond donors (Lipinski definition) is 2. The molecule has 1 fully saturated rings. The smallest absolute Gasteiger partial charge is 0.313 e. The molecule has 1 saturated heterocycles. The lowest BCUT2D eigenvalue weighted by Gasteiger charge is -2.35. The lowest BCUT2D eigenvalue weighted by Crippen LogP contribution is -2.45. The molecule has 0 bridgehead atoms. The number of benzene rings is 2. The minimum absolute atomic E-state index is 0.0319. The third-order valence-electron chi connectivity index (χ3n) is 5.41. The Morgan fingerprint density at radius 2 is 1.65 bits per heavy atom. The van der Waals surface area contributed by atoms with Crippen molar-refractivity contribution in [3.05, 3.63) is 53.6 Å². The van der Waals surface area contributed by atoms with E-state index in [2.05, 4.69) is 39.8 Å². The molecule has 8 nitrogen and oxygen atoms in total. The molecule has 8 heteroatoms. The highest BCUT2D eigenvalue weighted by Crippen LogP contribution is 2.32. The van der Waals surface area contributed by atoms with Crippen LogP contribution in [0.15, 0.2) is 42.5 Å². The lowest BCUT2D eigenvalue weighted by molar-refractivity contribution is -0.136. The fourth-order valence-corrected chi connectivity index (χ4v) is 3.71. The molecule has 4 rings (SSSR count). The van der Waals surface area contributed by atoms with Gasteiger partial charge >= 0.3 is 11.8 Å². The van der Waals surface area contributed by atoms with E-state index in [0.29, 0.717) is 50.2 Å². The molecule has 2 heterocycles. The average Bonchev–Trinajstić information content (AvgIpc) is 2.81. The van der Waals surface area contributed by atoms with Crippen molar-refractivity contribution in [2.24, 2.45) is 0 Å². The largest absolute Gasteiger partial charge is 0.486 e. The van der Waals surface area contributed by atoms with Crippen LogP contribution in [0.5, 0.6) is 11.5 Å². The van der Waals surface area contributed by atoms with Crippen LogP contribution in [0.3, 0.4) is 0 Å². The van der Waals surface area contributed by atoms with E-state index in [1.807, 2.05) is 6.92 Å². The number of rotatable bonds is 5. The topological polar surface area (TPSA) is 89.1 Å². The van der Waals surface area contributed by atoms with Crippen LogP contribution < -0.4 is 20.1 Å². The Bertz CT molecular complexity index is 925. The Hall–Kier alpha value is -3.10. The SMILES string of the molecule is Cc1ccc(C(CNC(=O)C(=O)Nc2ccc3c(c2)OCCO3)N2CCOCC2)cc1. The summed E-state index contributed by atoms with van der Waals surface area (Å²) in [6.07, 6.45) is 0. The summed E-state index contributed by atoms with van der Waals surface area (Å²) in [5.41, 5.74) is 2.75. The number of nitrogens with one attached hydrogen (secondary N) is 2. The highest BCUT2D eigenvalue weighted by Gasteiger charge is 2.24. The van der Waals surface area contributed by atoms with Crippen LogP contribution in [-0.4, -0.2) is 62.8 Å². The van der Waals surface area contributed by atoms with Gasteiger partial charge in [0.2, 0.25) is 0 Å². The molecule has 0 saturated carbocycles. The number of carbonyl (C=O) groups is 2. The summed E-state index contributed by atoms with van der Waals surface area (Å²) in [5, 5.41) is 5.41. The van der Waals surface area contributed by atoms with Crippen LogP contribution in [0, 0.1) is 6.92 Å². The van der Waals surface area contributed by atoms with Gasteiger partial charge in [0.05, 0.1) is 19.3 Å². The zero-order valence-corrected chi connectivity index (χ0v) is 17.6. The molecule has 1 atom stereocenters. The molecule has 2 aromatic rings. The molecule has 31 heavy (non-hydrogen) atoms. The first-order chi connectivity index (χ1) is 15.1. The maximum absolute atomic E-state index is 12.5. The molecule has 2 aliphatic rings. The number of anilines is 1. The molecule has 0 aliphatic carbocycles. The van der Waals surface area contributed by atoms with Gasteiger partial charge in [0.15, 0.2) is 11.5 Å². The fraction of sp³-hybridized carbons (Fsp3) is 0.391. The predicted molar refractivity (Wildman–Crippen MR) is 115 cm³/mol. The van der Waals surface area contributed by atoms with E-state index in [9.17, 15) is 9.59 Å². The lowest BCUT2D eigenvalue weighted by atomic mass is 10.0. The molecule has 1 unspecified atom stereocenters. The molecule has 2 aliphatic heterocycles. The number of aryl methyl sites for hydroxylation is 1. The third kappa shape index (κ3) is 5.34. The summed E-state index contributed by atoms with van der Waals surface area (Å²) in [5.74, 6) is -0.224. The van der Waals surface area contributed by atoms with E-state index in [-0.39, 0.29) is 6.04 Å². The van der Waals surface area contributed by atoms with Crippen LogP contribution in [0.2, 0.25) is 0 Å². The molecule has 0 radical (unpaired) electrons. The fourth-order valence-electron chi connectivity index (χ4n) is 3.71. The summed E-state index contributed by atoms with van der Waals surface area (Å²) in [7, 11) is 0. The van der Waals surface area contributed by atoms with Crippen molar-refractivity contribution >= 4 is 17.5 Å². The highest BCUT2D eigenvalue weighted by molar-refractivity contribution is 6.39. The number of fused-ring (bicyclic) bond motifs is 1. The molecule has 0 aromatic heterocycles. The van der Waals surface area contributed by atoms with E-state index < -0.39 is 11.8 Å². The van der Waals surface area contributed by atoms with Gasteiger partial charge in [-0.15, -0.1) is 0 Å². The van der Waals surface area contributed by atoms with Crippen molar-refractivity contribution < 1.29 is 23.8 Å². The molecular weight excluding hydrogens is 398 g/mol. The van der Waals surface area contributed by atoms with Gasteiger partial charge in [-0.3, -0.25) is 14.5 Å². The molecule has 2 aromatic carbocycles. The highest BCUT2D eigenvalue weighted by atomic mass is 16.6. The van der Waals surface area contributed by atoms with Crippen LogP contribution >= 0.6 is 0 Å². The molecular formula is C23H27N3O5. The van der Waals surface area contributed by atoms with Gasteiger partial charge < -0.3 is 24.8 Å². The maximum atomic E-state index is 12.5. The van der Waals surface area contributed by atoms with Crippen molar-refractivity contribution in [1.82, 2.24) is 10.2 Å². The minimum atomic E-state index is -0.721. The van der Waals surface area contributed by atoms with Crippen molar-refractivity contribution in [2.45, 2.75) is 13.0 Å². The number of carbonyl (C=O) groups excluding carboxylic acids is 2. The van der Waals surface area contributed by atoms with E-state index in [4.69, 9.17) is 14.2 Å². The zero-order valence-electron chi connectivity index (χ0n) is 17.6. The second-order valence-electron chi connectivity index (χ2n) is 7.60. The van der Waals surface area contributed by atoms with Crippen molar-refractivity contribution in [3.8, 4) is 11.5 Å². The number of hydrogen-bond acceptors (Lipinski definition) is 6. The van der Waals surface area contributed by atoms with Gasteiger partial charge in [0.1, 0.15) is 13.2 Å². The third-order valence-corrected chi connectivity index (χ3v) is 5.41. The quantitative estimate of drug-likeness (QED) is 0.712. The Labute approximate surface area is 181 Å². The van der Waals surface area contributed by atoms with E-state index in [1.54, 1.807) is 18.2 Å². The Kier molecular flexibility index (Phi) is 6.69. The number of nitrogens with zero attached hydrogens (tertiary/aromatic N) is 1. The maximum Gasteiger partial charge on any atom is 0.313 e. The molecule has 2 amide bonds. The van der Waals surface area contributed by atoms with Gasteiger partial charge in [-0.1, -0.05) is 29.8 Å². The number of ether oxygens (including phenoxy) is 3. The van der Waals surface area contributed by atoms with E-state index in [0.717, 1.165) is 18.7 Å². The van der Waals surface area contributed by atoms with Crippen molar-refractivity contribution in [3.63, 3.8) is 0 Å². The molecule has 0 spiro atoms. The summed E-state index contributed by atoms with van der Waals surface area (Å²) in [4.78, 5) is 27.2. The van der Waals surface area contributed by atoms with Crippen molar-refractivity contribution in [1.29, 1.82) is 0 Å². The van der Waals surface area contributed by atoms with Gasteiger partial charge in [-0.25, -0.2) is 0 Å². The van der Waals surface area contributed by atoms with Gasteiger partial charge in [-0.05, 0) is 24.6 Å². The summed E-state index contributed by atoms with van der Waals surface area (Å²) in [6, 6.07) is 13.3. The van der Waals surface area contributed by atoms with E-state index >= 15 is 0 Å². The van der Waals surface area contributed by atoms with Gasteiger partial charge in [0.25, 0.3) is 0 Å². The second-order valence-corrected chi connectivity index (χ2v) is 7.60. The molecule has 2 N–H and O–H groups in total. The Balaban J connectivity index is 1.38. The molecule has 164 valence electrons. The number of amides is 2. The monoisotopic (exact) mass is 425 g/mol. The van der Waals surface area contributed by atoms with Crippen LogP contribution in [-0.2, 0) is 14.3 Å². The van der Waals surface area contributed by atoms with Crippen LogP contribution in [0.1, 0.15) is 17.2 Å². The summed E-state index contributed by atoms with van der Waals surface area (Å²) in [6.45, 7) is 6.17. The van der Waals surface area contributed by atoms with E-state index in [1.165, 1.54) is 5.56 Å². The Morgan fingerprint density at radius 3 is 2.39 bits per heavy atom. The predicted octanol–water partition coefficient (Wildman–Crippen LogP) is 1.89. The number of morpholine rings is 1. The van der Waals surface area contributed by atoms with Crippen molar-refractivity contribution in [2.75, 3.05) is 51.4 Å². The van der Waals surface area contributed by atoms with Gasteiger partial charge in [-0.2, -0.15) is 0 Å². The van der Waals surface area contributed by atoms with Crippen LogP contribution in [0.25, 0.3) is 0 Å². The average molecular weight is 425 g/mol.